The minimum absolute atomic E-state index is 0.303. The van der Waals surface area contributed by atoms with Crippen LogP contribution in [0.15, 0.2) is 12.4 Å². The fraction of sp³-hybridized carbons (Fsp3) is 0.625. The molecule has 1 heterocycles. The molecule has 0 aromatic carbocycles. The van der Waals surface area contributed by atoms with Gasteiger partial charge in [-0.2, -0.15) is 0 Å². The fourth-order valence-electron chi connectivity index (χ4n) is 0.870. The van der Waals surface area contributed by atoms with Gasteiger partial charge in [-0.3, -0.25) is 4.90 Å². The standard InChI is InChI=1S/C8H15N3O2/c1-10(2)5-6-13-8(12)11-4-3-9-7-11/h3-4,9H,5-7H2,1-2H3. The molecule has 74 valence electrons. The molecule has 5 nitrogen and oxygen atoms in total. The Balaban J connectivity index is 2.14. The van der Waals surface area contributed by atoms with Crippen LogP contribution in [0.25, 0.3) is 0 Å². The van der Waals surface area contributed by atoms with Gasteiger partial charge in [-0.15, -0.1) is 0 Å². The maximum atomic E-state index is 11.2. The number of nitrogens with one attached hydrogen (secondary N) is 1. The summed E-state index contributed by atoms with van der Waals surface area (Å²) in [5.41, 5.74) is 0. The first-order chi connectivity index (χ1) is 6.20. The van der Waals surface area contributed by atoms with Gasteiger partial charge in [0.25, 0.3) is 0 Å². The molecular weight excluding hydrogens is 170 g/mol. The summed E-state index contributed by atoms with van der Waals surface area (Å²) in [5.74, 6) is 0. The second-order valence-electron chi connectivity index (χ2n) is 3.07. The number of rotatable bonds is 3. The molecule has 5 heteroatoms. The molecule has 0 unspecified atom stereocenters. The van der Waals surface area contributed by atoms with Crippen molar-refractivity contribution in [1.82, 2.24) is 15.1 Å². The Kier molecular flexibility index (Phi) is 3.57. The highest BCUT2D eigenvalue weighted by molar-refractivity contribution is 5.69. The molecule has 0 saturated carbocycles. The number of likely N-dealkylation sites (N-methyl/N-ethyl adjacent to an activating group) is 1. The molecule has 0 fully saturated rings. The first-order valence-corrected chi connectivity index (χ1v) is 4.18. The Labute approximate surface area is 77.9 Å². The minimum atomic E-state index is -0.303. The third-order valence-electron chi connectivity index (χ3n) is 1.63. The Morgan fingerprint density at radius 3 is 3.00 bits per heavy atom. The summed E-state index contributed by atoms with van der Waals surface area (Å²) < 4.78 is 4.99. The predicted molar refractivity (Wildman–Crippen MR) is 48.9 cm³/mol. The van der Waals surface area contributed by atoms with Crippen molar-refractivity contribution < 1.29 is 9.53 Å². The zero-order valence-electron chi connectivity index (χ0n) is 7.99. The zero-order chi connectivity index (χ0) is 9.68. The molecule has 0 aromatic rings. The van der Waals surface area contributed by atoms with E-state index in [1.54, 1.807) is 12.4 Å². The quantitative estimate of drug-likeness (QED) is 0.673. The number of amides is 1. The number of ether oxygens (including phenoxy) is 1. The van der Waals surface area contributed by atoms with Crippen molar-refractivity contribution in [2.24, 2.45) is 0 Å². The monoisotopic (exact) mass is 185 g/mol. The molecule has 0 saturated heterocycles. The Morgan fingerprint density at radius 2 is 2.46 bits per heavy atom. The summed E-state index contributed by atoms with van der Waals surface area (Å²) in [6.45, 7) is 1.67. The lowest BCUT2D eigenvalue weighted by Gasteiger charge is -2.14. The number of hydrogen-bond acceptors (Lipinski definition) is 4. The first-order valence-electron chi connectivity index (χ1n) is 4.18. The zero-order valence-corrected chi connectivity index (χ0v) is 7.99. The summed E-state index contributed by atoms with van der Waals surface area (Å²) >= 11 is 0. The van der Waals surface area contributed by atoms with Crippen molar-refractivity contribution in [3.05, 3.63) is 12.4 Å². The highest BCUT2D eigenvalue weighted by Crippen LogP contribution is 1.98. The maximum absolute atomic E-state index is 11.2. The third-order valence-corrected chi connectivity index (χ3v) is 1.63. The van der Waals surface area contributed by atoms with Gasteiger partial charge in [0.05, 0.1) is 6.67 Å². The molecular formula is C8H15N3O2. The van der Waals surface area contributed by atoms with Gasteiger partial charge >= 0.3 is 6.09 Å². The van der Waals surface area contributed by atoms with Crippen LogP contribution >= 0.6 is 0 Å². The van der Waals surface area contributed by atoms with E-state index in [2.05, 4.69) is 5.32 Å². The van der Waals surface area contributed by atoms with Gasteiger partial charge in [0.2, 0.25) is 0 Å². The van der Waals surface area contributed by atoms with E-state index in [0.717, 1.165) is 6.54 Å². The van der Waals surface area contributed by atoms with E-state index in [-0.39, 0.29) is 6.09 Å². The molecule has 0 spiro atoms. The van der Waals surface area contributed by atoms with Crippen molar-refractivity contribution in [2.45, 2.75) is 0 Å². The van der Waals surface area contributed by atoms with Crippen LogP contribution in [0.5, 0.6) is 0 Å². The van der Waals surface area contributed by atoms with Crippen LogP contribution in [-0.2, 0) is 4.74 Å². The second kappa shape index (κ2) is 4.71. The van der Waals surface area contributed by atoms with Gasteiger partial charge < -0.3 is 15.0 Å². The molecule has 0 atom stereocenters. The average Bonchev–Trinajstić information content (AvgIpc) is 2.55. The van der Waals surface area contributed by atoms with E-state index in [9.17, 15) is 4.79 Å². The molecule has 13 heavy (non-hydrogen) atoms. The second-order valence-corrected chi connectivity index (χ2v) is 3.07. The lowest BCUT2D eigenvalue weighted by molar-refractivity contribution is 0.111. The lowest BCUT2D eigenvalue weighted by atomic mass is 10.6. The van der Waals surface area contributed by atoms with Gasteiger partial charge in [-0.25, -0.2) is 4.79 Å². The molecule has 1 amide bonds. The highest BCUT2D eigenvalue weighted by Gasteiger charge is 2.13. The van der Waals surface area contributed by atoms with Crippen LogP contribution in [0.1, 0.15) is 0 Å². The molecule has 1 N–H and O–H groups in total. The summed E-state index contributed by atoms with van der Waals surface area (Å²) in [6, 6.07) is 0. The van der Waals surface area contributed by atoms with Crippen LogP contribution in [0, 0.1) is 0 Å². The van der Waals surface area contributed by atoms with E-state index in [4.69, 9.17) is 4.74 Å². The summed E-state index contributed by atoms with van der Waals surface area (Å²) in [4.78, 5) is 14.7. The third kappa shape index (κ3) is 3.33. The summed E-state index contributed by atoms with van der Waals surface area (Å²) in [6.07, 6.45) is 3.08. The largest absolute Gasteiger partial charge is 0.448 e. The van der Waals surface area contributed by atoms with Gasteiger partial charge in [0.1, 0.15) is 6.61 Å². The average molecular weight is 185 g/mol. The van der Waals surface area contributed by atoms with Gasteiger partial charge in [-0.1, -0.05) is 0 Å². The number of carbonyl (C=O) groups excluding carboxylic acids is 1. The van der Waals surface area contributed by atoms with Crippen molar-refractivity contribution >= 4 is 6.09 Å². The highest BCUT2D eigenvalue weighted by atomic mass is 16.6. The molecule has 1 rings (SSSR count). The van der Waals surface area contributed by atoms with Gasteiger partial charge in [-0.05, 0) is 14.1 Å². The van der Waals surface area contributed by atoms with Gasteiger partial charge in [0, 0.05) is 18.9 Å². The molecule has 1 aliphatic rings. The summed E-state index contributed by atoms with van der Waals surface area (Å²) in [5, 5.41) is 2.89. The van der Waals surface area contributed by atoms with Crippen molar-refractivity contribution in [3.63, 3.8) is 0 Å². The number of nitrogens with zero attached hydrogens (tertiary/aromatic N) is 2. The SMILES string of the molecule is CN(C)CCOC(=O)N1C=CNC1. The lowest BCUT2D eigenvalue weighted by Crippen LogP contribution is -2.30. The molecule has 0 bridgehead atoms. The topological polar surface area (TPSA) is 44.8 Å². The Hall–Kier alpha value is -1.23. The van der Waals surface area contributed by atoms with E-state index in [1.807, 2.05) is 19.0 Å². The van der Waals surface area contributed by atoms with Crippen LogP contribution in [0.4, 0.5) is 4.79 Å². The van der Waals surface area contributed by atoms with Gasteiger partial charge in [0.15, 0.2) is 0 Å². The molecule has 0 radical (unpaired) electrons. The number of carbonyl (C=O) groups is 1. The normalized spacial score (nSPS) is 14.8. The molecule has 1 aliphatic heterocycles. The van der Waals surface area contributed by atoms with E-state index < -0.39 is 0 Å². The summed E-state index contributed by atoms with van der Waals surface area (Å²) in [7, 11) is 3.87. The molecule has 0 aromatic heterocycles. The smallest absolute Gasteiger partial charge is 0.415 e. The first kappa shape index (κ1) is 9.85. The predicted octanol–water partition coefficient (Wildman–Crippen LogP) is 0.0185. The van der Waals surface area contributed by atoms with Crippen LogP contribution in [0.3, 0.4) is 0 Å². The van der Waals surface area contributed by atoms with Crippen LogP contribution in [-0.4, -0.2) is 49.8 Å². The Bertz CT molecular complexity index is 204. The van der Waals surface area contributed by atoms with Crippen molar-refractivity contribution in [2.75, 3.05) is 33.9 Å². The van der Waals surface area contributed by atoms with Crippen molar-refractivity contribution in [1.29, 1.82) is 0 Å². The maximum Gasteiger partial charge on any atom is 0.415 e. The number of hydrogen-bond donors (Lipinski definition) is 1. The van der Waals surface area contributed by atoms with Crippen LogP contribution < -0.4 is 5.32 Å². The van der Waals surface area contributed by atoms with Crippen molar-refractivity contribution in [3.8, 4) is 0 Å². The minimum Gasteiger partial charge on any atom is -0.448 e. The van der Waals surface area contributed by atoms with E-state index in [0.29, 0.717) is 13.3 Å². The fourth-order valence-corrected chi connectivity index (χ4v) is 0.870. The van der Waals surface area contributed by atoms with E-state index >= 15 is 0 Å². The van der Waals surface area contributed by atoms with Crippen LogP contribution in [0.2, 0.25) is 0 Å². The Morgan fingerprint density at radius 1 is 1.69 bits per heavy atom. The molecule has 0 aliphatic carbocycles. The van der Waals surface area contributed by atoms with E-state index in [1.165, 1.54) is 4.90 Å².